The molecule has 0 spiro atoms. The summed E-state index contributed by atoms with van der Waals surface area (Å²) in [5, 5.41) is 21.4. The summed E-state index contributed by atoms with van der Waals surface area (Å²) in [5.41, 5.74) is 7.76. The first kappa shape index (κ1) is 27.7. The fourth-order valence-corrected chi connectivity index (χ4v) is 5.30. The van der Waals surface area contributed by atoms with Gasteiger partial charge >= 0.3 is 11.9 Å². The summed E-state index contributed by atoms with van der Waals surface area (Å²) in [5.74, 6) is -1.09. The molecule has 0 amide bonds. The van der Waals surface area contributed by atoms with Crippen molar-refractivity contribution in [1.29, 1.82) is 0 Å². The van der Waals surface area contributed by atoms with Gasteiger partial charge in [0.1, 0.15) is 23.7 Å². The largest absolute Gasteiger partial charge is 0.507 e. The lowest BCUT2D eigenvalue weighted by molar-refractivity contribution is -0.172. The molecule has 43 heavy (non-hydrogen) atoms. The third-order valence-electron chi connectivity index (χ3n) is 7.61. The summed E-state index contributed by atoms with van der Waals surface area (Å²) >= 11 is 0. The van der Waals surface area contributed by atoms with Crippen LogP contribution in [0.5, 0.6) is 11.5 Å². The number of ether oxygens (including phenoxy) is 2. The monoisotopic (exact) mass is 577 g/mol. The van der Waals surface area contributed by atoms with E-state index in [2.05, 4.69) is 0 Å². The maximum Gasteiger partial charge on any atom is 0.347 e. The fraction of sp³-hybridized carbons (Fsp3) is 0.152. The fourth-order valence-electron chi connectivity index (χ4n) is 5.30. The number of carbonyl (C=O) groups is 2. The third-order valence-corrected chi connectivity index (χ3v) is 7.61. The second-order valence-corrected chi connectivity index (χ2v) is 10.3. The van der Waals surface area contributed by atoms with Crippen molar-refractivity contribution in [2.75, 3.05) is 5.73 Å². The standard InChI is InChI=1S/C20H16N2O4.C13H11NO3/c1-2-20(25)14-8-16-17-12(7-11-5-3-4-6-15(11)21-17)9-22(16)18(23)13(14)10-26-19(20)24;14-9-6-7-11(12(15)8-9)13(16)17-10-4-2-1-3-5-10/h3-8,25H,2,9-10H2,1H3;1-8,15H,14H2. The summed E-state index contributed by atoms with van der Waals surface area (Å²) in [7, 11) is 0. The first-order valence-electron chi connectivity index (χ1n) is 13.6. The van der Waals surface area contributed by atoms with Crippen molar-refractivity contribution < 1.29 is 29.3 Å². The van der Waals surface area contributed by atoms with Gasteiger partial charge in [-0.2, -0.15) is 0 Å². The quantitative estimate of drug-likeness (QED) is 0.159. The highest BCUT2D eigenvalue weighted by Gasteiger charge is 2.45. The minimum absolute atomic E-state index is 0.0862. The molecular weight excluding hydrogens is 550 g/mol. The molecule has 0 saturated carbocycles. The van der Waals surface area contributed by atoms with Gasteiger partial charge in [-0.1, -0.05) is 43.3 Å². The van der Waals surface area contributed by atoms with Crippen molar-refractivity contribution in [1.82, 2.24) is 9.55 Å². The minimum Gasteiger partial charge on any atom is -0.507 e. The van der Waals surface area contributed by atoms with Crippen LogP contribution in [0.15, 0.2) is 89.7 Å². The van der Waals surface area contributed by atoms with Gasteiger partial charge in [-0.25, -0.2) is 14.6 Å². The minimum atomic E-state index is -1.79. The molecular formula is C33H27N3O7. The molecule has 0 saturated heterocycles. The van der Waals surface area contributed by atoms with Crippen molar-refractivity contribution in [3.8, 4) is 22.9 Å². The number of pyridine rings is 2. The highest BCUT2D eigenvalue weighted by Crippen LogP contribution is 2.38. The Morgan fingerprint density at radius 2 is 1.79 bits per heavy atom. The number of rotatable bonds is 3. The Balaban J connectivity index is 0.000000168. The molecule has 2 aliphatic heterocycles. The molecule has 3 aromatic carbocycles. The maximum atomic E-state index is 13.0. The number of hydrogen-bond acceptors (Lipinski definition) is 9. The molecule has 5 aromatic rings. The van der Waals surface area contributed by atoms with E-state index in [0.717, 1.165) is 22.2 Å². The normalized spacial score (nSPS) is 16.3. The van der Waals surface area contributed by atoms with Crippen molar-refractivity contribution in [2.45, 2.75) is 32.1 Å². The van der Waals surface area contributed by atoms with Crippen LogP contribution in [-0.4, -0.2) is 31.7 Å². The molecule has 0 bridgehead atoms. The molecule has 1 atom stereocenters. The molecule has 0 radical (unpaired) electrons. The Morgan fingerprint density at radius 1 is 1.05 bits per heavy atom. The molecule has 4 N–H and O–H groups in total. The molecule has 10 nitrogen and oxygen atoms in total. The average molecular weight is 578 g/mol. The highest BCUT2D eigenvalue weighted by atomic mass is 16.6. The van der Waals surface area contributed by atoms with Crippen LogP contribution in [0.3, 0.4) is 0 Å². The molecule has 7 rings (SSSR count). The van der Waals surface area contributed by atoms with Crippen LogP contribution in [0.25, 0.3) is 22.3 Å². The van der Waals surface area contributed by atoms with Gasteiger partial charge in [0, 0.05) is 28.3 Å². The Bertz CT molecular complexity index is 1970. The molecule has 10 heteroatoms. The zero-order valence-electron chi connectivity index (χ0n) is 23.1. The first-order chi connectivity index (χ1) is 20.7. The lowest BCUT2D eigenvalue weighted by Crippen LogP contribution is -2.44. The number of esters is 2. The van der Waals surface area contributed by atoms with Gasteiger partial charge in [0.05, 0.1) is 29.0 Å². The molecule has 0 fully saturated rings. The van der Waals surface area contributed by atoms with Crippen molar-refractivity contribution >= 4 is 28.5 Å². The van der Waals surface area contributed by atoms with Crippen molar-refractivity contribution in [2.24, 2.45) is 0 Å². The zero-order valence-corrected chi connectivity index (χ0v) is 23.1. The zero-order chi connectivity index (χ0) is 30.3. The number of aromatic hydroxyl groups is 1. The summed E-state index contributed by atoms with van der Waals surface area (Å²) in [6.45, 7) is 2.01. The third kappa shape index (κ3) is 4.87. The number of carbonyl (C=O) groups excluding carboxylic acids is 2. The number of hydrogen-bond donors (Lipinski definition) is 3. The van der Waals surface area contributed by atoms with Crippen molar-refractivity contribution in [3.05, 3.63) is 118 Å². The average Bonchev–Trinajstić information content (AvgIpc) is 3.36. The number of fused-ring (bicyclic) bond motifs is 5. The van der Waals surface area contributed by atoms with E-state index in [9.17, 15) is 24.6 Å². The van der Waals surface area contributed by atoms with E-state index in [1.54, 1.807) is 41.8 Å². The Morgan fingerprint density at radius 3 is 2.53 bits per heavy atom. The second-order valence-electron chi connectivity index (χ2n) is 10.3. The van der Waals surface area contributed by atoms with Gasteiger partial charge < -0.3 is 30.0 Å². The van der Waals surface area contributed by atoms with Gasteiger partial charge in [0.25, 0.3) is 5.56 Å². The Kier molecular flexibility index (Phi) is 6.91. The van der Waals surface area contributed by atoms with Gasteiger partial charge in [0.15, 0.2) is 5.60 Å². The van der Waals surface area contributed by atoms with E-state index in [-0.39, 0.29) is 29.9 Å². The lowest BCUT2D eigenvalue weighted by Gasteiger charge is -2.31. The van der Waals surface area contributed by atoms with E-state index in [1.165, 1.54) is 18.2 Å². The summed E-state index contributed by atoms with van der Waals surface area (Å²) in [4.78, 5) is 41.6. The number of anilines is 1. The van der Waals surface area contributed by atoms with Crippen LogP contribution in [0.1, 0.15) is 40.4 Å². The molecule has 2 aromatic heterocycles. The van der Waals surface area contributed by atoms with Crippen molar-refractivity contribution in [3.63, 3.8) is 0 Å². The number of nitrogens with zero attached hydrogens (tertiary/aromatic N) is 2. The van der Waals surface area contributed by atoms with Crippen LogP contribution in [-0.2, 0) is 28.3 Å². The number of para-hydroxylation sites is 2. The molecule has 1 unspecified atom stereocenters. The molecule has 2 aliphatic rings. The van der Waals surface area contributed by atoms with Crippen LogP contribution in [0, 0.1) is 0 Å². The maximum absolute atomic E-state index is 13.0. The van der Waals surface area contributed by atoms with Crippen LogP contribution in [0.4, 0.5) is 5.69 Å². The number of cyclic esters (lactones) is 1. The van der Waals surface area contributed by atoms with Gasteiger partial charge in [-0.15, -0.1) is 0 Å². The molecule has 216 valence electrons. The van der Waals surface area contributed by atoms with E-state index in [1.807, 2.05) is 36.4 Å². The van der Waals surface area contributed by atoms with Crippen LogP contribution < -0.4 is 16.0 Å². The summed E-state index contributed by atoms with van der Waals surface area (Å²) in [6, 6.07) is 24.5. The molecule has 0 aliphatic carbocycles. The van der Waals surface area contributed by atoms with Gasteiger partial charge in [-0.05, 0) is 48.9 Å². The number of nitrogen functional groups attached to an aromatic ring is 1. The SMILES string of the molecule is CCC1(O)C(=O)OCc2c1cc1n(c2=O)Cc2cc3ccccc3nc2-1.Nc1ccc(C(=O)Oc2ccccc2)c(O)c1. The van der Waals surface area contributed by atoms with E-state index < -0.39 is 17.5 Å². The summed E-state index contributed by atoms with van der Waals surface area (Å²) < 4.78 is 11.8. The highest BCUT2D eigenvalue weighted by molar-refractivity contribution is 5.94. The molecule has 4 heterocycles. The van der Waals surface area contributed by atoms with E-state index >= 15 is 0 Å². The lowest BCUT2D eigenvalue weighted by atomic mass is 9.86. The Labute approximate surface area is 245 Å². The van der Waals surface area contributed by atoms with E-state index in [4.69, 9.17) is 20.2 Å². The first-order valence-corrected chi connectivity index (χ1v) is 13.6. The van der Waals surface area contributed by atoms with E-state index in [0.29, 0.717) is 34.8 Å². The van der Waals surface area contributed by atoms with Gasteiger partial charge in [-0.3, -0.25) is 4.79 Å². The number of phenolic OH excluding ortho intramolecular Hbond substituents is 1. The predicted molar refractivity (Wildman–Crippen MR) is 158 cm³/mol. The Hall–Kier alpha value is -5.48. The summed E-state index contributed by atoms with van der Waals surface area (Å²) in [6.07, 6.45) is 0.139. The van der Waals surface area contributed by atoms with Gasteiger partial charge in [0.2, 0.25) is 0 Å². The number of aromatic nitrogens is 2. The second kappa shape index (κ2) is 10.7. The number of aliphatic hydroxyl groups is 1. The number of phenols is 1. The van der Waals surface area contributed by atoms with Crippen LogP contribution in [0.2, 0.25) is 0 Å². The topological polar surface area (TPSA) is 154 Å². The number of nitrogens with two attached hydrogens (primary N) is 1. The van der Waals surface area contributed by atoms with Crippen LogP contribution >= 0.6 is 0 Å². The smallest absolute Gasteiger partial charge is 0.347 e. The predicted octanol–water partition coefficient (Wildman–Crippen LogP) is 4.27. The number of benzene rings is 3.